The molecule has 0 aliphatic heterocycles. The lowest BCUT2D eigenvalue weighted by Gasteiger charge is -1.92. The zero-order valence-corrected chi connectivity index (χ0v) is 6.57. The molecule has 0 aromatic rings. The van der Waals surface area contributed by atoms with Crippen LogP contribution < -0.4 is 11.5 Å². The third-order valence-electron chi connectivity index (χ3n) is 0.412. The van der Waals surface area contributed by atoms with Crippen molar-refractivity contribution < 1.29 is 24.3 Å². The normalized spacial score (nSPS) is 9.82. The molecule has 0 unspecified atom stereocenters. The van der Waals surface area contributed by atoms with E-state index in [1.54, 1.807) is 0 Å². The molecule has 0 spiro atoms. The van der Waals surface area contributed by atoms with Crippen molar-refractivity contribution in [1.29, 1.82) is 0 Å². The van der Waals surface area contributed by atoms with Gasteiger partial charge in [-0.05, 0) is 0 Å². The highest BCUT2D eigenvalue weighted by molar-refractivity contribution is 7.51. The minimum absolute atomic E-state index is 0.278. The lowest BCUT2D eigenvalue weighted by atomic mass is 10.7. The van der Waals surface area contributed by atoms with Crippen LogP contribution in [0.4, 0.5) is 0 Å². The summed E-state index contributed by atoms with van der Waals surface area (Å²) in [5.41, 5.74) is 9.11. The van der Waals surface area contributed by atoms with Crippen LogP contribution in [0.5, 0.6) is 0 Å². The average molecular weight is 186 g/mol. The summed E-state index contributed by atoms with van der Waals surface area (Å²) in [6, 6.07) is 0. The first-order valence-electron chi connectivity index (χ1n) is 2.50. The highest BCUT2D eigenvalue weighted by Crippen LogP contribution is 2.30. The number of rotatable bonds is 2. The monoisotopic (exact) mass is 186 g/mol. The third kappa shape index (κ3) is 26.3. The minimum atomic E-state index is -3.87. The van der Waals surface area contributed by atoms with E-state index in [4.69, 9.17) is 14.9 Å². The van der Waals surface area contributed by atoms with Gasteiger partial charge >= 0.3 is 13.6 Å². The van der Waals surface area contributed by atoms with Crippen LogP contribution in [0.3, 0.4) is 0 Å². The Bertz CT molecular complexity index is 154. The molecule has 11 heavy (non-hydrogen) atoms. The van der Waals surface area contributed by atoms with Gasteiger partial charge in [0.1, 0.15) is 0 Å². The van der Waals surface area contributed by atoms with Gasteiger partial charge in [-0.2, -0.15) is 0 Å². The van der Waals surface area contributed by atoms with Crippen LogP contribution in [0.25, 0.3) is 0 Å². The molecule has 0 heterocycles. The second kappa shape index (κ2) is 6.26. The van der Waals surface area contributed by atoms with Gasteiger partial charge in [0.05, 0.1) is 12.8 Å². The fraction of sp³-hybridized carbons (Fsp3) is 0.667. The summed E-state index contributed by atoms with van der Waals surface area (Å²) in [7, 11) is -3.87. The standard InChI is InChI=1S/C2H5NO2.CH6NO3P/c3-1-2(4)5;2-1-6(3,4)5/h1,3H2,(H,4,5);1-2H2,(H2,3,4,5). The zero-order valence-electron chi connectivity index (χ0n) is 5.67. The molecule has 68 valence electrons. The largest absolute Gasteiger partial charge is 0.480 e. The van der Waals surface area contributed by atoms with Gasteiger partial charge in [0.15, 0.2) is 0 Å². The van der Waals surface area contributed by atoms with Crippen LogP contribution in [0.1, 0.15) is 0 Å². The molecule has 0 atom stereocenters. The van der Waals surface area contributed by atoms with Gasteiger partial charge in [-0.3, -0.25) is 9.36 Å². The predicted octanol–water partition coefficient (Wildman–Crippen LogP) is -1.89. The maximum atomic E-state index is 9.57. The molecular formula is C3H11N2O5P. The Hall–Kier alpha value is -0.460. The molecular weight excluding hydrogens is 175 g/mol. The van der Waals surface area contributed by atoms with E-state index in [-0.39, 0.29) is 6.54 Å². The third-order valence-corrected chi connectivity index (χ3v) is 0.888. The average Bonchev–Trinajstić information content (AvgIpc) is 1.88. The molecule has 0 fully saturated rings. The Morgan fingerprint density at radius 3 is 1.55 bits per heavy atom. The summed E-state index contributed by atoms with van der Waals surface area (Å²) < 4.78 is 9.57. The lowest BCUT2D eigenvalue weighted by molar-refractivity contribution is -0.135. The van der Waals surface area contributed by atoms with Crippen LogP contribution in [-0.4, -0.2) is 33.7 Å². The van der Waals surface area contributed by atoms with Gasteiger partial charge in [0.2, 0.25) is 0 Å². The molecule has 0 aliphatic rings. The smallest absolute Gasteiger partial charge is 0.338 e. The van der Waals surface area contributed by atoms with Gasteiger partial charge in [-0.1, -0.05) is 0 Å². The number of carbonyl (C=O) groups is 1. The van der Waals surface area contributed by atoms with E-state index in [2.05, 4.69) is 11.5 Å². The summed E-state index contributed by atoms with van der Waals surface area (Å²) in [5, 5.41) is 7.60. The summed E-state index contributed by atoms with van der Waals surface area (Å²) in [6.45, 7) is -0.278. The first-order chi connectivity index (χ1) is 4.83. The minimum Gasteiger partial charge on any atom is -0.480 e. The van der Waals surface area contributed by atoms with E-state index in [1.165, 1.54) is 0 Å². The Kier molecular flexibility index (Phi) is 7.49. The fourth-order valence-electron chi connectivity index (χ4n) is 0. The first-order valence-corrected chi connectivity index (χ1v) is 4.29. The summed E-state index contributed by atoms with van der Waals surface area (Å²) in [4.78, 5) is 24.9. The van der Waals surface area contributed by atoms with Crippen molar-refractivity contribution in [3.05, 3.63) is 0 Å². The number of carboxylic acids is 1. The van der Waals surface area contributed by atoms with Crippen molar-refractivity contribution in [2.24, 2.45) is 11.5 Å². The molecule has 0 aliphatic carbocycles. The van der Waals surface area contributed by atoms with Crippen molar-refractivity contribution in [2.75, 3.05) is 12.8 Å². The number of hydrogen-bond donors (Lipinski definition) is 5. The molecule has 7 nitrogen and oxygen atoms in total. The van der Waals surface area contributed by atoms with Crippen LogP contribution >= 0.6 is 7.60 Å². The molecule has 0 saturated heterocycles. The first kappa shape index (κ1) is 13.2. The molecule has 0 amide bonds. The summed E-state index contributed by atoms with van der Waals surface area (Å²) >= 11 is 0. The Morgan fingerprint density at radius 2 is 1.55 bits per heavy atom. The molecule has 8 heteroatoms. The van der Waals surface area contributed by atoms with Crippen molar-refractivity contribution in [2.45, 2.75) is 0 Å². The highest BCUT2D eigenvalue weighted by atomic mass is 31.2. The van der Waals surface area contributed by atoms with Crippen LogP contribution in [-0.2, 0) is 9.36 Å². The SMILES string of the molecule is NCC(=O)O.NCP(=O)(O)O. The van der Waals surface area contributed by atoms with E-state index in [0.29, 0.717) is 0 Å². The van der Waals surface area contributed by atoms with Gasteiger partial charge in [0, 0.05) is 0 Å². The highest BCUT2D eigenvalue weighted by Gasteiger charge is 2.05. The maximum Gasteiger partial charge on any atom is 0.338 e. The van der Waals surface area contributed by atoms with E-state index in [0.717, 1.165) is 0 Å². The van der Waals surface area contributed by atoms with E-state index in [9.17, 15) is 9.36 Å². The van der Waals surface area contributed by atoms with E-state index < -0.39 is 19.9 Å². The molecule has 7 N–H and O–H groups in total. The molecule has 0 saturated carbocycles. The second-order valence-electron chi connectivity index (χ2n) is 1.45. The molecule has 0 aromatic carbocycles. The van der Waals surface area contributed by atoms with E-state index in [1.807, 2.05) is 0 Å². The van der Waals surface area contributed by atoms with E-state index >= 15 is 0 Å². The predicted molar refractivity (Wildman–Crippen MR) is 37.8 cm³/mol. The number of hydrogen-bond acceptors (Lipinski definition) is 4. The Morgan fingerprint density at radius 1 is 1.36 bits per heavy atom. The van der Waals surface area contributed by atoms with Crippen molar-refractivity contribution >= 4 is 13.6 Å². The van der Waals surface area contributed by atoms with Crippen molar-refractivity contribution in [3.63, 3.8) is 0 Å². The molecule has 0 bridgehead atoms. The number of nitrogens with two attached hydrogens (primary N) is 2. The topological polar surface area (TPSA) is 147 Å². The van der Waals surface area contributed by atoms with Crippen molar-refractivity contribution in [1.82, 2.24) is 0 Å². The molecule has 0 radical (unpaired) electrons. The fourth-order valence-corrected chi connectivity index (χ4v) is 0. The van der Waals surface area contributed by atoms with Gasteiger partial charge in [-0.15, -0.1) is 0 Å². The number of carboxylic acid groups (broad SMARTS) is 1. The van der Waals surface area contributed by atoms with Crippen molar-refractivity contribution in [3.8, 4) is 0 Å². The lowest BCUT2D eigenvalue weighted by Crippen LogP contribution is -2.10. The Labute approximate surface area is 63.2 Å². The van der Waals surface area contributed by atoms with Crippen LogP contribution in [0.15, 0.2) is 0 Å². The summed E-state index contributed by atoms with van der Waals surface area (Å²) in [5.74, 6) is -0.968. The summed E-state index contributed by atoms with van der Waals surface area (Å²) in [6.07, 6.45) is -0.562. The van der Waals surface area contributed by atoms with Gasteiger partial charge < -0.3 is 26.4 Å². The second-order valence-corrected chi connectivity index (χ2v) is 3.14. The molecule has 0 rings (SSSR count). The zero-order chi connectivity index (χ0) is 9.49. The number of aliphatic carboxylic acids is 1. The Balaban J connectivity index is 0. The molecule has 0 aromatic heterocycles. The maximum absolute atomic E-state index is 9.57. The van der Waals surface area contributed by atoms with Gasteiger partial charge in [0.25, 0.3) is 0 Å². The quantitative estimate of drug-likeness (QED) is 0.316. The van der Waals surface area contributed by atoms with Crippen LogP contribution in [0, 0.1) is 0 Å². The van der Waals surface area contributed by atoms with Gasteiger partial charge in [-0.25, -0.2) is 0 Å². The van der Waals surface area contributed by atoms with Crippen LogP contribution in [0.2, 0.25) is 0 Å².